The first-order chi connectivity index (χ1) is 13.5. The van der Waals surface area contributed by atoms with Gasteiger partial charge in [0.2, 0.25) is 0 Å². The zero-order valence-corrected chi connectivity index (χ0v) is 16.0. The van der Waals surface area contributed by atoms with Crippen molar-refractivity contribution in [1.82, 2.24) is 24.8 Å². The quantitative estimate of drug-likeness (QED) is 0.517. The molecule has 0 saturated carbocycles. The van der Waals surface area contributed by atoms with Crippen molar-refractivity contribution in [2.75, 3.05) is 0 Å². The third-order valence-electron chi connectivity index (χ3n) is 4.28. The lowest BCUT2D eigenvalue weighted by Gasteiger charge is -2.11. The van der Waals surface area contributed by atoms with E-state index in [1.807, 2.05) is 24.4 Å². The highest BCUT2D eigenvalue weighted by Crippen LogP contribution is 2.28. The van der Waals surface area contributed by atoms with Gasteiger partial charge in [-0.05, 0) is 41.1 Å². The van der Waals surface area contributed by atoms with Gasteiger partial charge in [-0.2, -0.15) is 9.36 Å². The first kappa shape index (κ1) is 18.1. The van der Waals surface area contributed by atoms with Crippen LogP contribution in [0.5, 0.6) is 5.19 Å². The van der Waals surface area contributed by atoms with Crippen LogP contribution in [0.3, 0.4) is 0 Å². The van der Waals surface area contributed by atoms with Gasteiger partial charge in [0, 0.05) is 23.6 Å². The number of aryl methyl sites for hydroxylation is 2. The summed E-state index contributed by atoms with van der Waals surface area (Å²) in [7, 11) is 1.54. The monoisotopic (exact) mass is 397 g/mol. The van der Waals surface area contributed by atoms with E-state index in [-0.39, 0.29) is 18.1 Å². The van der Waals surface area contributed by atoms with Crippen molar-refractivity contribution in [2.24, 2.45) is 7.05 Å². The maximum atomic E-state index is 13.4. The zero-order valence-electron chi connectivity index (χ0n) is 15.2. The molecule has 0 aliphatic rings. The number of ether oxygens (including phenoxy) is 1. The van der Waals surface area contributed by atoms with Crippen LogP contribution in [0.1, 0.15) is 11.1 Å². The zero-order chi connectivity index (χ0) is 19.7. The summed E-state index contributed by atoms with van der Waals surface area (Å²) in [6.07, 6.45) is 0. The van der Waals surface area contributed by atoms with Crippen LogP contribution >= 0.6 is 11.3 Å². The van der Waals surface area contributed by atoms with Crippen LogP contribution in [-0.4, -0.2) is 24.8 Å². The molecule has 4 aromatic rings. The molecule has 0 saturated heterocycles. The van der Waals surface area contributed by atoms with Gasteiger partial charge in [0.1, 0.15) is 12.4 Å². The Kier molecular flexibility index (Phi) is 4.74. The van der Waals surface area contributed by atoms with E-state index >= 15 is 0 Å². The molecular formula is C19H16FN5O2S. The summed E-state index contributed by atoms with van der Waals surface area (Å²) in [6, 6.07) is 11.8. The fourth-order valence-electron chi connectivity index (χ4n) is 2.78. The summed E-state index contributed by atoms with van der Waals surface area (Å²) in [5.41, 5.74) is 3.38. The lowest BCUT2D eigenvalue weighted by Crippen LogP contribution is -2.23. The summed E-state index contributed by atoms with van der Waals surface area (Å²) in [6.45, 7) is 2.14. The van der Waals surface area contributed by atoms with Crippen molar-refractivity contribution in [1.29, 1.82) is 0 Å². The molecule has 0 amide bonds. The number of hydrogen-bond acceptors (Lipinski definition) is 6. The molecule has 2 heterocycles. The van der Waals surface area contributed by atoms with E-state index in [1.165, 1.54) is 32.8 Å². The van der Waals surface area contributed by atoms with Gasteiger partial charge in [-0.15, -0.1) is 0 Å². The molecule has 9 heteroatoms. The van der Waals surface area contributed by atoms with E-state index in [9.17, 15) is 9.18 Å². The van der Waals surface area contributed by atoms with Crippen molar-refractivity contribution in [3.8, 4) is 22.1 Å². The van der Waals surface area contributed by atoms with Crippen molar-refractivity contribution < 1.29 is 9.13 Å². The van der Waals surface area contributed by atoms with E-state index < -0.39 is 0 Å². The van der Waals surface area contributed by atoms with Crippen molar-refractivity contribution in [3.05, 3.63) is 75.3 Å². The van der Waals surface area contributed by atoms with Crippen molar-refractivity contribution in [2.45, 2.75) is 13.5 Å². The SMILES string of the molecule is Cc1cccc(-n2nnn(C)c2=O)c1COc1nc(-c2cccc(F)c2)cs1. The second-order valence-electron chi connectivity index (χ2n) is 6.17. The van der Waals surface area contributed by atoms with E-state index in [4.69, 9.17) is 4.74 Å². The average Bonchev–Trinajstić information content (AvgIpc) is 3.28. The highest BCUT2D eigenvalue weighted by Gasteiger charge is 2.14. The molecule has 0 N–H and O–H groups in total. The molecule has 0 atom stereocenters. The summed E-state index contributed by atoms with van der Waals surface area (Å²) >= 11 is 1.33. The van der Waals surface area contributed by atoms with Gasteiger partial charge in [0.25, 0.3) is 5.19 Å². The first-order valence-corrected chi connectivity index (χ1v) is 9.33. The lowest BCUT2D eigenvalue weighted by molar-refractivity contribution is 0.303. The first-order valence-electron chi connectivity index (χ1n) is 8.45. The molecule has 4 rings (SSSR count). The minimum absolute atomic E-state index is 0.209. The number of benzene rings is 2. The Hall–Kier alpha value is -3.33. The van der Waals surface area contributed by atoms with Gasteiger partial charge in [0.15, 0.2) is 0 Å². The Morgan fingerprint density at radius 2 is 2.00 bits per heavy atom. The molecule has 0 radical (unpaired) electrons. The standard InChI is InChI=1S/C19H16FN5O2S/c1-12-5-3-8-17(25-19(26)24(2)22-23-25)15(12)10-27-18-21-16(11-28-18)13-6-4-7-14(20)9-13/h3-9,11H,10H2,1-2H3. The van der Waals surface area contributed by atoms with Gasteiger partial charge in [0.05, 0.1) is 11.4 Å². The molecule has 0 bridgehead atoms. The normalized spacial score (nSPS) is 11.0. The van der Waals surface area contributed by atoms with E-state index in [0.29, 0.717) is 22.1 Å². The van der Waals surface area contributed by atoms with Gasteiger partial charge in [-0.3, -0.25) is 0 Å². The third-order valence-corrected chi connectivity index (χ3v) is 5.03. The highest BCUT2D eigenvalue weighted by molar-refractivity contribution is 7.11. The predicted octanol–water partition coefficient (Wildman–Crippen LogP) is 3.12. The number of hydrogen-bond donors (Lipinski definition) is 0. The second kappa shape index (κ2) is 7.35. The Morgan fingerprint density at radius 1 is 1.18 bits per heavy atom. The average molecular weight is 397 g/mol. The lowest BCUT2D eigenvalue weighted by atomic mass is 10.1. The van der Waals surface area contributed by atoms with Gasteiger partial charge >= 0.3 is 5.69 Å². The van der Waals surface area contributed by atoms with Crippen LogP contribution in [0.4, 0.5) is 4.39 Å². The minimum atomic E-state index is -0.338. The molecule has 0 fully saturated rings. The number of tetrazole rings is 1. The smallest absolute Gasteiger partial charge is 0.368 e. The van der Waals surface area contributed by atoms with E-state index in [1.54, 1.807) is 25.2 Å². The summed E-state index contributed by atoms with van der Waals surface area (Å²) in [5, 5.41) is 9.94. The summed E-state index contributed by atoms with van der Waals surface area (Å²) in [4.78, 5) is 16.6. The van der Waals surface area contributed by atoms with Crippen LogP contribution in [0.25, 0.3) is 16.9 Å². The number of halogens is 1. The van der Waals surface area contributed by atoms with E-state index in [2.05, 4.69) is 15.4 Å². The fourth-order valence-corrected chi connectivity index (χ4v) is 3.45. The second-order valence-corrected chi connectivity index (χ2v) is 6.99. The van der Waals surface area contributed by atoms with Crippen LogP contribution in [-0.2, 0) is 13.7 Å². The predicted molar refractivity (Wildman–Crippen MR) is 103 cm³/mol. The van der Waals surface area contributed by atoms with Crippen molar-refractivity contribution >= 4 is 11.3 Å². The molecule has 142 valence electrons. The Bertz CT molecular complexity index is 1200. The largest absolute Gasteiger partial charge is 0.465 e. The number of aromatic nitrogens is 5. The van der Waals surface area contributed by atoms with Crippen LogP contribution in [0.2, 0.25) is 0 Å². The molecule has 0 aliphatic carbocycles. The minimum Gasteiger partial charge on any atom is -0.465 e. The fraction of sp³-hybridized carbons (Fsp3) is 0.158. The molecule has 7 nitrogen and oxygen atoms in total. The number of nitrogens with zero attached hydrogens (tertiary/aromatic N) is 5. The van der Waals surface area contributed by atoms with Crippen molar-refractivity contribution in [3.63, 3.8) is 0 Å². The molecule has 28 heavy (non-hydrogen) atoms. The van der Waals surface area contributed by atoms with E-state index in [0.717, 1.165) is 11.1 Å². The molecule has 2 aromatic heterocycles. The summed E-state index contributed by atoms with van der Waals surface area (Å²) < 4.78 is 21.7. The van der Waals surface area contributed by atoms with Crippen LogP contribution in [0.15, 0.2) is 52.6 Å². The Balaban J connectivity index is 1.60. The third kappa shape index (κ3) is 3.44. The molecule has 0 aliphatic heterocycles. The maximum Gasteiger partial charge on any atom is 0.368 e. The van der Waals surface area contributed by atoms with Gasteiger partial charge in [-0.1, -0.05) is 35.6 Å². The maximum absolute atomic E-state index is 13.4. The topological polar surface area (TPSA) is 74.8 Å². The van der Waals surface area contributed by atoms with Gasteiger partial charge in [-0.25, -0.2) is 14.2 Å². The number of rotatable bonds is 5. The Labute approximate surface area is 163 Å². The Morgan fingerprint density at radius 3 is 2.75 bits per heavy atom. The molecule has 0 spiro atoms. The highest BCUT2D eigenvalue weighted by atomic mass is 32.1. The molecule has 2 aromatic carbocycles. The van der Waals surface area contributed by atoms with Gasteiger partial charge < -0.3 is 4.74 Å². The molecular weight excluding hydrogens is 381 g/mol. The molecule has 0 unspecified atom stereocenters. The number of thiazole rings is 1. The van der Waals surface area contributed by atoms with Crippen LogP contribution in [0, 0.1) is 12.7 Å². The van der Waals surface area contributed by atoms with Crippen LogP contribution < -0.4 is 10.4 Å². The summed E-state index contributed by atoms with van der Waals surface area (Å²) in [5.74, 6) is -0.313.